The highest BCUT2D eigenvalue weighted by molar-refractivity contribution is 9.10. The van der Waals surface area contributed by atoms with E-state index >= 15 is 0 Å². The zero-order valence-electron chi connectivity index (χ0n) is 25.5. The molecule has 0 saturated heterocycles. The smallest absolute Gasteiger partial charge is 0.180 e. The van der Waals surface area contributed by atoms with Crippen LogP contribution in [0.3, 0.4) is 0 Å². The molecule has 5 aromatic rings. The zero-order chi connectivity index (χ0) is 32.9. The Morgan fingerprint density at radius 1 is 1.04 bits per heavy atom. The minimum absolute atomic E-state index is 0.00116. The van der Waals surface area contributed by atoms with Crippen LogP contribution in [0.2, 0.25) is 0 Å². The molecule has 0 aliphatic carbocycles. The number of sulfone groups is 1. The summed E-state index contributed by atoms with van der Waals surface area (Å²) in [4.78, 5) is 13.9. The second-order valence-electron chi connectivity index (χ2n) is 11.0. The summed E-state index contributed by atoms with van der Waals surface area (Å²) in [5.74, 6) is 0.694. The molecule has 1 aliphatic rings. The van der Waals surface area contributed by atoms with E-state index in [1.165, 1.54) is 18.5 Å². The summed E-state index contributed by atoms with van der Waals surface area (Å²) < 4.78 is 58.4. The van der Waals surface area contributed by atoms with Gasteiger partial charge in [-0.15, -0.1) is 0 Å². The van der Waals surface area contributed by atoms with Crippen LogP contribution in [0.25, 0.3) is 10.9 Å². The largest absolute Gasteiger partial charge is 0.488 e. The molecule has 0 saturated carbocycles. The quantitative estimate of drug-likeness (QED) is 0.131. The van der Waals surface area contributed by atoms with Gasteiger partial charge in [0, 0.05) is 17.5 Å². The molecule has 3 heterocycles. The van der Waals surface area contributed by atoms with Gasteiger partial charge in [0.1, 0.15) is 36.4 Å². The number of halogens is 2. The number of nitrogens with zero attached hydrogens (tertiary/aromatic N) is 3. The molecular weight excluding hydrogens is 687 g/mol. The van der Waals surface area contributed by atoms with Crippen molar-refractivity contribution in [3.8, 4) is 5.75 Å². The van der Waals surface area contributed by atoms with Crippen LogP contribution in [0.4, 0.5) is 15.9 Å². The number of ether oxygens (including phenoxy) is 3. The number of hydrogen-bond donors (Lipinski definition) is 1. The monoisotopic (exact) mass is 718 g/mol. The van der Waals surface area contributed by atoms with E-state index in [2.05, 4.69) is 31.2 Å². The second-order valence-corrected chi connectivity index (χ2v) is 13.9. The van der Waals surface area contributed by atoms with Crippen LogP contribution in [0.15, 0.2) is 113 Å². The van der Waals surface area contributed by atoms with Gasteiger partial charge >= 0.3 is 0 Å². The van der Waals surface area contributed by atoms with E-state index in [0.717, 1.165) is 16.6 Å². The predicted octanol–water partition coefficient (Wildman–Crippen LogP) is 7.65. The van der Waals surface area contributed by atoms with E-state index in [1.54, 1.807) is 54.9 Å². The molecule has 47 heavy (non-hydrogen) atoms. The first kappa shape index (κ1) is 32.5. The number of nitrogens with one attached hydrogen (secondary N) is 1. The highest BCUT2D eigenvalue weighted by atomic mass is 79.9. The van der Waals surface area contributed by atoms with Crippen molar-refractivity contribution in [1.82, 2.24) is 15.0 Å². The lowest BCUT2D eigenvalue weighted by Crippen LogP contribution is -2.42. The lowest BCUT2D eigenvalue weighted by Gasteiger charge is -2.36. The number of benzene rings is 3. The van der Waals surface area contributed by atoms with Gasteiger partial charge in [-0.3, -0.25) is 4.98 Å². The van der Waals surface area contributed by atoms with Gasteiger partial charge < -0.3 is 19.5 Å². The van der Waals surface area contributed by atoms with E-state index in [1.807, 2.05) is 37.3 Å². The van der Waals surface area contributed by atoms with Crippen molar-refractivity contribution in [1.29, 1.82) is 0 Å². The number of anilines is 2. The first-order chi connectivity index (χ1) is 22.8. The fourth-order valence-electron chi connectivity index (χ4n) is 5.52. The normalized spacial score (nSPS) is 16.6. The van der Waals surface area contributed by atoms with Gasteiger partial charge in [0.2, 0.25) is 0 Å². The third-order valence-corrected chi connectivity index (χ3v) is 10.2. The molecular formula is C35H32BrFN4O5S. The van der Waals surface area contributed by atoms with Crippen LogP contribution in [-0.4, -0.2) is 41.8 Å². The number of aromatic nitrogens is 3. The van der Waals surface area contributed by atoms with Crippen LogP contribution in [0.5, 0.6) is 5.75 Å². The van der Waals surface area contributed by atoms with Crippen LogP contribution in [0, 0.1) is 5.82 Å². The first-order valence-electron chi connectivity index (χ1n) is 15.0. The Kier molecular flexibility index (Phi) is 9.81. The van der Waals surface area contributed by atoms with Gasteiger partial charge in [0.25, 0.3) is 0 Å². The molecule has 0 bridgehead atoms. The highest BCUT2D eigenvalue weighted by Crippen LogP contribution is 2.41. The predicted molar refractivity (Wildman–Crippen MR) is 181 cm³/mol. The third kappa shape index (κ3) is 7.29. The van der Waals surface area contributed by atoms with Crippen LogP contribution in [0.1, 0.15) is 31.0 Å². The van der Waals surface area contributed by atoms with Crippen molar-refractivity contribution in [2.24, 2.45) is 0 Å². The molecule has 1 N–H and O–H groups in total. The standard InChI is InChI=1S/C35H32BrFN4O5S/c1-2-33(44-16-17-47(42,43)27-10-4-3-5-11-27)35(14-7-15-46-35)32-20-28-30(21-38-32)39-23-40-34(28)41-26-12-13-31(29(36)19-26)45-22-24-8-6-9-25(37)18-24/h3-13,15,18-21,23,33H,2,14,16-17,22H2,1H3,(H,39,40,41). The SMILES string of the molecule is CCC(OCCS(=O)(=O)c1ccccc1)C1(c2cc3c(Nc4ccc(OCc5cccc(F)c5)c(Br)c4)ncnc3cn2)CC=CO1. The first-order valence-corrected chi connectivity index (χ1v) is 17.5. The third-order valence-electron chi connectivity index (χ3n) is 7.89. The molecule has 242 valence electrons. The Balaban J connectivity index is 1.21. The van der Waals surface area contributed by atoms with Crippen molar-refractivity contribution < 1.29 is 27.0 Å². The van der Waals surface area contributed by atoms with Crippen molar-refractivity contribution >= 4 is 48.2 Å². The average molecular weight is 720 g/mol. The topological polar surface area (TPSA) is 113 Å². The Morgan fingerprint density at radius 2 is 1.89 bits per heavy atom. The van der Waals surface area contributed by atoms with Crippen molar-refractivity contribution in [2.75, 3.05) is 17.7 Å². The molecule has 0 spiro atoms. The molecule has 9 nitrogen and oxygen atoms in total. The molecule has 12 heteroatoms. The Hall–Kier alpha value is -4.39. The lowest BCUT2D eigenvalue weighted by molar-refractivity contribution is -0.109. The number of hydrogen-bond acceptors (Lipinski definition) is 9. The van der Waals surface area contributed by atoms with Gasteiger partial charge in [0.15, 0.2) is 15.4 Å². The summed E-state index contributed by atoms with van der Waals surface area (Å²) in [5.41, 5.74) is 1.76. The summed E-state index contributed by atoms with van der Waals surface area (Å²) in [6.07, 6.45) is 7.26. The molecule has 1 aliphatic heterocycles. The van der Waals surface area contributed by atoms with Crippen molar-refractivity contribution in [3.05, 3.63) is 125 Å². The molecule has 2 aromatic heterocycles. The molecule has 2 atom stereocenters. The Labute approximate surface area is 280 Å². The number of rotatable bonds is 13. The Bertz CT molecular complexity index is 2000. The number of pyridine rings is 1. The molecule has 6 rings (SSSR count). The van der Waals surface area contributed by atoms with Gasteiger partial charge in [-0.25, -0.2) is 22.8 Å². The van der Waals surface area contributed by atoms with Gasteiger partial charge in [-0.2, -0.15) is 0 Å². The van der Waals surface area contributed by atoms with E-state index in [9.17, 15) is 12.8 Å². The van der Waals surface area contributed by atoms with E-state index in [-0.39, 0.29) is 29.7 Å². The molecule has 0 fully saturated rings. The lowest BCUT2D eigenvalue weighted by atomic mass is 9.87. The van der Waals surface area contributed by atoms with Crippen molar-refractivity contribution in [3.63, 3.8) is 0 Å². The highest BCUT2D eigenvalue weighted by Gasteiger charge is 2.45. The minimum Gasteiger partial charge on any atom is -0.488 e. The summed E-state index contributed by atoms with van der Waals surface area (Å²) in [6.45, 7) is 2.20. The molecule has 3 aromatic carbocycles. The summed E-state index contributed by atoms with van der Waals surface area (Å²) in [7, 11) is -3.51. The van der Waals surface area contributed by atoms with E-state index in [0.29, 0.717) is 40.1 Å². The second kappa shape index (κ2) is 14.2. The van der Waals surface area contributed by atoms with Crippen LogP contribution >= 0.6 is 15.9 Å². The maximum Gasteiger partial charge on any atom is 0.180 e. The summed E-state index contributed by atoms with van der Waals surface area (Å²) in [5, 5.41) is 4.09. The Morgan fingerprint density at radius 3 is 2.64 bits per heavy atom. The minimum atomic E-state index is -3.51. The van der Waals surface area contributed by atoms with Crippen molar-refractivity contribution in [2.45, 2.75) is 43.0 Å². The fraction of sp³-hybridized carbons (Fsp3) is 0.229. The van der Waals surface area contributed by atoms with E-state index in [4.69, 9.17) is 19.2 Å². The zero-order valence-corrected chi connectivity index (χ0v) is 27.9. The average Bonchev–Trinajstić information content (AvgIpc) is 3.58. The summed E-state index contributed by atoms with van der Waals surface area (Å²) in [6, 6.07) is 22.1. The maximum absolute atomic E-state index is 13.6. The molecule has 0 amide bonds. The van der Waals surface area contributed by atoms with Gasteiger partial charge in [0.05, 0.1) is 45.4 Å². The van der Waals surface area contributed by atoms with Gasteiger partial charge in [-0.05, 0) is 82.5 Å². The van der Waals surface area contributed by atoms with Crippen LogP contribution in [-0.2, 0) is 31.5 Å². The fourth-order valence-corrected chi connectivity index (χ4v) is 7.13. The van der Waals surface area contributed by atoms with E-state index < -0.39 is 21.5 Å². The molecule has 2 unspecified atom stereocenters. The summed E-state index contributed by atoms with van der Waals surface area (Å²) >= 11 is 3.57. The van der Waals surface area contributed by atoms with Gasteiger partial charge in [-0.1, -0.05) is 37.3 Å². The number of fused-ring (bicyclic) bond motifs is 1. The maximum atomic E-state index is 13.6. The van der Waals surface area contributed by atoms with Crippen LogP contribution < -0.4 is 10.1 Å². The molecule has 0 radical (unpaired) electrons.